The molecule has 0 radical (unpaired) electrons. The van der Waals surface area contributed by atoms with E-state index in [1.165, 1.54) is 0 Å². The van der Waals surface area contributed by atoms with Gasteiger partial charge in [0, 0.05) is 0 Å². The first-order valence-corrected chi connectivity index (χ1v) is 10.9. The van der Waals surface area contributed by atoms with Gasteiger partial charge in [-0.15, -0.1) is 0 Å². The van der Waals surface area contributed by atoms with E-state index in [9.17, 15) is 14.7 Å². The Bertz CT molecular complexity index is 857. The molecule has 0 spiro atoms. The van der Waals surface area contributed by atoms with Crippen LogP contribution in [0.1, 0.15) is 46.3 Å². The Morgan fingerprint density at radius 3 is 2.12 bits per heavy atom. The summed E-state index contributed by atoms with van der Waals surface area (Å²) in [5.41, 5.74) is 0.588. The smallest absolute Gasteiger partial charge is 0.417 e. The highest BCUT2D eigenvalue weighted by Gasteiger charge is 2.58. The second-order valence-electron chi connectivity index (χ2n) is 9.43. The Hall–Kier alpha value is -2.04. The van der Waals surface area contributed by atoms with Crippen LogP contribution in [0.3, 0.4) is 0 Å². The van der Waals surface area contributed by atoms with Crippen LogP contribution >= 0.6 is 0 Å². The van der Waals surface area contributed by atoms with Gasteiger partial charge in [0.15, 0.2) is 17.7 Å². The normalized spacial score (nSPS) is 33.2. The first-order chi connectivity index (χ1) is 15.0. The summed E-state index contributed by atoms with van der Waals surface area (Å²) in [6.45, 7) is 9.07. The van der Waals surface area contributed by atoms with E-state index >= 15 is 0 Å². The molecule has 4 rings (SSSR count). The molecule has 0 aliphatic carbocycles. The molecule has 0 bridgehead atoms. The van der Waals surface area contributed by atoms with Crippen LogP contribution in [0.25, 0.3) is 0 Å². The van der Waals surface area contributed by atoms with E-state index in [0.717, 1.165) is 4.90 Å². The molecule has 0 unspecified atom stereocenters. The molecular formula is C23H31NO8. The zero-order valence-corrected chi connectivity index (χ0v) is 19.0. The molecule has 32 heavy (non-hydrogen) atoms. The van der Waals surface area contributed by atoms with Gasteiger partial charge in [-0.2, -0.15) is 0 Å². The SMILES string of the molecule is C[C@@H](C(=O)N1C(=O)O[C@H]([C@H]2COC(C)(C)O2)[C@@H]1[C@H]1COC(C)(C)O1)[C@@H](O)c1ccccc1. The summed E-state index contributed by atoms with van der Waals surface area (Å²) in [5.74, 6) is -3.14. The number of carbonyl (C=O) groups is 2. The molecule has 3 fully saturated rings. The second kappa shape index (κ2) is 8.39. The van der Waals surface area contributed by atoms with Crippen molar-refractivity contribution in [1.29, 1.82) is 0 Å². The van der Waals surface area contributed by atoms with Crippen LogP contribution in [-0.2, 0) is 28.5 Å². The number of carbonyl (C=O) groups excluding carboxylic acids is 2. The maximum Gasteiger partial charge on any atom is 0.417 e. The monoisotopic (exact) mass is 449 g/mol. The van der Waals surface area contributed by atoms with Crippen LogP contribution in [0.5, 0.6) is 0 Å². The average molecular weight is 450 g/mol. The average Bonchev–Trinajstić information content (AvgIpc) is 3.40. The number of hydrogen-bond donors (Lipinski definition) is 1. The zero-order valence-electron chi connectivity index (χ0n) is 19.0. The summed E-state index contributed by atoms with van der Waals surface area (Å²) < 4.78 is 29.0. The lowest BCUT2D eigenvalue weighted by Crippen LogP contribution is -2.54. The fourth-order valence-corrected chi connectivity index (χ4v) is 4.48. The van der Waals surface area contributed by atoms with Crippen molar-refractivity contribution in [2.75, 3.05) is 13.2 Å². The number of rotatable bonds is 5. The van der Waals surface area contributed by atoms with E-state index in [4.69, 9.17) is 23.7 Å². The molecule has 1 aromatic rings. The third kappa shape index (κ3) is 4.40. The van der Waals surface area contributed by atoms with Crippen molar-refractivity contribution in [3.05, 3.63) is 35.9 Å². The van der Waals surface area contributed by atoms with Gasteiger partial charge in [0.25, 0.3) is 0 Å². The second-order valence-corrected chi connectivity index (χ2v) is 9.43. The van der Waals surface area contributed by atoms with Gasteiger partial charge in [-0.3, -0.25) is 4.79 Å². The molecule has 3 aliphatic heterocycles. The van der Waals surface area contributed by atoms with Crippen LogP contribution < -0.4 is 0 Å². The molecule has 0 saturated carbocycles. The van der Waals surface area contributed by atoms with Crippen LogP contribution in [0.15, 0.2) is 30.3 Å². The number of aliphatic hydroxyl groups is 1. The molecule has 1 N–H and O–H groups in total. The molecule has 9 heteroatoms. The van der Waals surface area contributed by atoms with Crippen molar-refractivity contribution in [1.82, 2.24) is 4.90 Å². The Balaban J connectivity index is 1.61. The summed E-state index contributed by atoms with van der Waals surface area (Å²) in [6, 6.07) is 8.07. The fourth-order valence-electron chi connectivity index (χ4n) is 4.48. The van der Waals surface area contributed by atoms with E-state index in [1.807, 2.05) is 6.07 Å². The van der Waals surface area contributed by atoms with E-state index in [-0.39, 0.29) is 13.2 Å². The quantitative estimate of drug-likeness (QED) is 0.731. The maximum absolute atomic E-state index is 13.5. The largest absolute Gasteiger partial charge is 0.441 e. The fraction of sp³-hybridized carbons (Fsp3) is 0.652. The van der Waals surface area contributed by atoms with Crippen LogP contribution in [0.2, 0.25) is 0 Å². The standard InChI is InChI=1S/C23H31NO8/c1-13(18(25)14-9-7-6-8-10-14)20(26)24-17(15-11-28-22(2,3)31-15)19(30-21(24)27)16-12-29-23(4,5)32-16/h6-10,13,15-19,25H,11-12H2,1-5H3/t13-,15-,16-,17+,18-,19-/m1/s1. The minimum atomic E-state index is -1.08. The van der Waals surface area contributed by atoms with Crippen molar-refractivity contribution in [3.63, 3.8) is 0 Å². The lowest BCUT2D eigenvalue weighted by Gasteiger charge is -2.32. The summed E-state index contributed by atoms with van der Waals surface area (Å²) in [5, 5.41) is 10.8. The molecule has 0 aromatic heterocycles. The van der Waals surface area contributed by atoms with Gasteiger partial charge < -0.3 is 28.8 Å². The first kappa shape index (κ1) is 23.1. The number of ether oxygens (including phenoxy) is 5. The van der Waals surface area contributed by atoms with Crippen molar-refractivity contribution < 1.29 is 38.4 Å². The number of cyclic esters (lactones) is 1. The van der Waals surface area contributed by atoms with Crippen LogP contribution in [0, 0.1) is 5.92 Å². The third-order valence-corrected chi connectivity index (χ3v) is 6.12. The predicted octanol–water partition coefficient (Wildman–Crippen LogP) is 2.38. The summed E-state index contributed by atoms with van der Waals surface area (Å²) in [7, 11) is 0. The van der Waals surface area contributed by atoms with Crippen molar-refractivity contribution in [2.45, 2.75) is 76.7 Å². The van der Waals surface area contributed by atoms with Gasteiger partial charge in [-0.05, 0) is 33.3 Å². The van der Waals surface area contributed by atoms with E-state index in [2.05, 4.69) is 0 Å². The molecule has 2 amide bonds. The van der Waals surface area contributed by atoms with Gasteiger partial charge in [0.2, 0.25) is 5.91 Å². The molecule has 9 nitrogen and oxygen atoms in total. The van der Waals surface area contributed by atoms with Crippen molar-refractivity contribution >= 4 is 12.0 Å². The molecule has 3 heterocycles. The first-order valence-electron chi connectivity index (χ1n) is 10.9. The number of aliphatic hydroxyl groups excluding tert-OH is 1. The summed E-state index contributed by atoms with van der Waals surface area (Å²) in [4.78, 5) is 27.5. The lowest BCUT2D eigenvalue weighted by molar-refractivity contribution is -0.164. The molecular weight excluding hydrogens is 418 g/mol. The van der Waals surface area contributed by atoms with Gasteiger partial charge in [0.1, 0.15) is 18.2 Å². The number of nitrogens with zero attached hydrogens (tertiary/aromatic N) is 1. The van der Waals surface area contributed by atoms with Gasteiger partial charge in [-0.25, -0.2) is 9.69 Å². The number of hydrogen-bond acceptors (Lipinski definition) is 8. The minimum Gasteiger partial charge on any atom is -0.441 e. The molecule has 3 aliphatic rings. The topological polar surface area (TPSA) is 104 Å². The predicted molar refractivity (Wildman–Crippen MR) is 111 cm³/mol. The molecule has 176 valence electrons. The van der Waals surface area contributed by atoms with E-state index in [0.29, 0.717) is 5.56 Å². The molecule has 3 saturated heterocycles. The van der Waals surface area contributed by atoms with Crippen molar-refractivity contribution in [3.8, 4) is 0 Å². The molecule has 1 aromatic carbocycles. The van der Waals surface area contributed by atoms with E-state index < -0.39 is 60.0 Å². The highest BCUT2D eigenvalue weighted by Crippen LogP contribution is 2.38. The summed E-state index contributed by atoms with van der Waals surface area (Å²) in [6.07, 6.45) is -3.86. The highest BCUT2D eigenvalue weighted by atomic mass is 16.8. The Labute approximate surface area is 187 Å². The Kier molecular flexibility index (Phi) is 6.06. The lowest BCUT2D eigenvalue weighted by atomic mass is 9.94. The highest BCUT2D eigenvalue weighted by molar-refractivity contribution is 5.95. The number of amides is 2. The number of benzene rings is 1. The Morgan fingerprint density at radius 2 is 1.59 bits per heavy atom. The zero-order chi connectivity index (χ0) is 23.3. The number of imide groups is 1. The summed E-state index contributed by atoms with van der Waals surface area (Å²) >= 11 is 0. The minimum absolute atomic E-state index is 0.182. The third-order valence-electron chi connectivity index (χ3n) is 6.12. The van der Waals surface area contributed by atoms with Crippen LogP contribution in [-0.4, -0.2) is 71.1 Å². The van der Waals surface area contributed by atoms with Crippen LogP contribution in [0.4, 0.5) is 4.79 Å². The van der Waals surface area contributed by atoms with Gasteiger partial charge in [-0.1, -0.05) is 37.3 Å². The van der Waals surface area contributed by atoms with Gasteiger partial charge in [0.05, 0.1) is 25.2 Å². The maximum atomic E-state index is 13.5. The Morgan fingerprint density at radius 1 is 1.03 bits per heavy atom. The van der Waals surface area contributed by atoms with Crippen molar-refractivity contribution in [2.24, 2.45) is 5.92 Å². The molecule has 6 atom stereocenters. The van der Waals surface area contributed by atoms with Gasteiger partial charge >= 0.3 is 6.09 Å². The van der Waals surface area contributed by atoms with E-state index in [1.54, 1.807) is 58.9 Å².